The molecule has 0 spiro atoms. The molecule has 30 heavy (non-hydrogen) atoms. The molecule has 0 aliphatic carbocycles. The molecule has 0 radical (unpaired) electrons. The van der Waals surface area contributed by atoms with Crippen LogP contribution in [-0.2, 0) is 14.3 Å². The predicted octanol–water partition coefficient (Wildman–Crippen LogP) is 1.98. The van der Waals surface area contributed by atoms with E-state index in [1.165, 1.54) is 4.90 Å². The zero-order chi connectivity index (χ0) is 21.1. The summed E-state index contributed by atoms with van der Waals surface area (Å²) in [7, 11) is 0. The van der Waals surface area contributed by atoms with Crippen molar-refractivity contribution in [2.75, 3.05) is 52.5 Å². The summed E-state index contributed by atoms with van der Waals surface area (Å²) in [5, 5.41) is 0. The molecular formula is C23H31N3O4. The lowest BCUT2D eigenvalue weighted by Crippen LogP contribution is -2.47. The van der Waals surface area contributed by atoms with E-state index in [9.17, 15) is 9.59 Å². The summed E-state index contributed by atoms with van der Waals surface area (Å²) >= 11 is 0. The molecular weight excluding hydrogens is 382 g/mol. The van der Waals surface area contributed by atoms with E-state index in [2.05, 4.69) is 16.7 Å². The Balaban J connectivity index is 1.65. The van der Waals surface area contributed by atoms with Crippen LogP contribution < -0.4 is 4.74 Å². The van der Waals surface area contributed by atoms with Crippen LogP contribution in [0.5, 0.6) is 5.75 Å². The fourth-order valence-electron chi connectivity index (χ4n) is 4.45. The molecule has 3 aliphatic heterocycles. The number of imide groups is 1. The maximum Gasteiger partial charge on any atom is 0.277 e. The molecule has 7 nitrogen and oxygen atoms in total. The minimum absolute atomic E-state index is 0.0595. The van der Waals surface area contributed by atoms with E-state index in [1.807, 2.05) is 31.2 Å². The Morgan fingerprint density at radius 2 is 1.77 bits per heavy atom. The third kappa shape index (κ3) is 4.09. The molecule has 1 atom stereocenters. The number of nitrogens with zero attached hydrogens (tertiary/aromatic N) is 3. The van der Waals surface area contributed by atoms with E-state index >= 15 is 0 Å². The number of likely N-dealkylation sites (N-methyl/N-ethyl adjacent to an activating group) is 1. The third-order valence-electron chi connectivity index (χ3n) is 6.14. The summed E-state index contributed by atoms with van der Waals surface area (Å²) in [5.41, 5.74) is 1.81. The Labute approximate surface area is 178 Å². The number of benzene rings is 1. The number of rotatable bonds is 7. The molecule has 0 saturated carbocycles. The minimum Gasteiger partial charge on any atom is -0.494 e. The summed E-state index contributed by atoms with van der Waals surface area (Å²) < 4.78 is 11.2. The van der Waals surface area contributed by atoms with E-state index in [0.717, 1.165) is 56.9 Å². The highest BCUT2D eigenvalue weighted by atomic mass is 16.5. The predicted molar refractivity (Wildman–Crippen MR) is 114 cm³/mol. The van der Waals surface area contributed by atoms with Gasteiger partial charge in [0.15, 0.2) is 0 Å². The van der Waals surface area contributed by atoms with Gasteiger partial charge in [-0.1, -0.05) is 19.1 Å². The number of hydrogen-bond acceptors (Lipinski definition) is 6. The van der Waals surface area contributed by atoms with Gasteiger partial charge in [-0.3, -0.25) is 14.5 Å². The summed E-state index contributed by atoms with van der Waals surface area (Å²) in [6.45, 7) is 9.97. The first-order valence-electron chi connectivity index (χ1n) is 11.0. The van der Waals surface area contributed by atoms with Gasteiger partial charge in [0.2, 0.25) is 0 Å². The normalized spacial score (nSPS) is 23.1. The maximum absolute atomic E-state index is 13.4. The molecule has 2 saturated heterocycles. The fourth-order valence-corrected chi connectivity index (χ4v) is 4.45. The third-order valence-corrected chi connectivity index (χ3v) is 6.14. The summed E-state index contributed by atoms with van der Waals surface area (Å²) in [6, 6.07) is 7.48. The highest BCUT2D eigenvalue weighted by Gasteiger charge is 2.43. The van der Waals surface area contributed by atoms with Gasteiger partial charge in [0.1, 0.15) is 11.4 Å². The van der Waals surface area contributed by atoms with Crippen LogP contribution in [0, 0.1) is 0 Å². The van der Waals surface area contributed by atoms with Gasteiger partial charge in [-0.15, -0.1) is 0 Å². The van der Waals surface area contributed by atoms with E-state index in [0.29, 0.717) is 31.0 Å². The van der Waals surface area contributed by atoms with Crippen molar-refractivity contribution in [2.24, 2.45) is 0 Å². The molecule has 3 aliphatic rings. The Bertz CT molecular complexity index is 806. The Hall–Kier alpha value is -2.38. The quantitative estimate of drug-likeness (QED) is 0.637. The number of hydrogen-bond donors (Lipinski definition) is 0. The lowest BCUT2D eigenvalue weighted by atomic mass is 10.0. The molecule has 1 aromatic carbocycles. The molecule has 1 aromatic rings. The lowest BCUT2D eigenvalue weighted by molar-refractivity contribution is -0.139. The van der Waals surface area contributed by atoms with Crippen molar-refractivity contribution < 1.29 is 19.1 Å². The van der Waals surface area contributed by atoms with Crippen molar-refractivity contribution in [3.63, 3.8) is 0 Å². The van der Waals surface area contributed by atoms with Gasteiger partial charge in [0.05, 0.1) is 24.8 Å². The standard InChI is InChI=1S/C23H31N3O4/c1-3-24-11-13-25(14-12-24)21-20(17-7-9-18(10-8-17)29-4-2)22(27)26(23(21)28)16-19-6-5-15-30-19/h7-10,19H,3-6,11-16H2,1-2H3. The van der Waals surface area contributed by atoms with E-state index < -0.39 is 0 Å². The van der Waals surface area contributed by atoms with Crippen LogP contribution in [0.4, 0.5) is 0 Å². The molecule has 0 N–H and O–H groups in total. The number of ether oxygens (including phenoxy) is 2. The highest BCUT2D eigenvalue weighted by Crippen LogP contribution is 2.33. The van der Waals surface area contributed by atoms with Crippen LogP contribution in [0.2, 0.25) is 0 Å². The molecule has 0 bridgehead atoms. The number of amides is 2. The van der Waals surface area contributed by atoms with Gasteiger partial charge in [0, 0.05) is 32.8 Å². The zero-order valence-corrected chi connectivity index (χ0v) is 17.9. The average molecular weight is 414 g/mol. The van der Waals surface area contributed by atoms with Crippen LogP contribution in [-0.4, -0.2) is 85.1 Å². The Kier molecular flexibility index (Phi) is 6.39. The van der Waals surface area contributed by atoms with Gasteiger partial charge in [-0.05, 0) is 44.0 Å². The van der Waals surface area contributed by atoms with E-state index in [1.54, 1.807) is 0 Å². The van der Waals surface area contributed by atoms with Crippen molar-refractivity contribution >= 4 is 17.4 Å². The monoisotopic (exact) mass is 413 g/mol. The molecule has 2 fully saturated rings. The number of carbonyl (C=O) groups is 2. The second-order valence-corrected chi connectivity index (χ2v) is 7.96. The fraction of sp³-hybridized carbons (Fsp3) is 0.565. The SMILES string of the molecule is CCOc1ccc(C2=C(N3CCN(CC)CC3)C(=O)N(CC3CCCO3)C2=O)cc1. The molecule has 2 amide bonds. The first kappa shape index (κ1) is 20.9. The van der Waals surface area contributed by atoms with Gasteiger partial charge in [-0.25, -0.2) is 0 Å². The maximum atomic E-state index is 13.4. The lowest BCUT2D eigenvalue weighted by Gasteiger charge is -2.36. The summed E-state index contributed by atoms with van der Waals surface area (Å²) in [4.78, 5) is 32.7. The van der Waals surface area contributed by atoms with Crippen molar-refractivity contribution in [3.05, 3.63) is 35.5 Å². The van der Waals surface area contributed by atoms with E-state index in [-0.39, 0.29) is 17.9 Å². The molecule has 0 aromatic heterocycles. The van der Waals surface area contributed by atoms with Gasteiger partial charge < -0.3 is 19.3 Å². The van der Waals surface area contributed by atoms with Gasteiger partial charge in [0.25, 0.3) is 11.8 Å². The smallest absolute Gasteiger partial charge is 0.277 e. The van der Waals surface area contributed by atoms with Crippen molar-refractivity contribution in [2.45, 2.75) is 32.8 Å². The summed E-state index contributed by atoms with van der Waals surface area (Å²) in [6.07, 6.45) is 1.81. The van der Waals surface area contributed by atoms with Crippen LogP contribution in [0.1, 0.15) is 32.3 Å². The highest BCUT2D eigenvalue weighted by molar-refractivity contribution is 6.35. The Morgan fingerprint density at radius 3 is 2.37 bits per heavy atom. The number of carbonyl (C=O) groups excluding carboxylic acids is 2. The second-order valence-electron chi connectivity index (χ2n) is 7.96. The van der Waals surface area contributed by atoms with Crippen molar-refractivity contribution in [1.82, 2.24) is 14.7 Å². The minimum atomic E-state index is -0.215. The average Bonchev–Trinajstić information content (AvgIpc) is 3.37. The molecule has 4 rings (SSSR count). The van der Waals surface area contributed by atoms with Crippen molar-refractivity contribution in [3.8, 4) is 5.75 Å². The largest absolute Gasteiger partial charge is 0.494 e. The first-order valence-corrected chi connectivity index (χ1v) is 11.0. The van der Waals surface area contributed by atoms with E-state index in [4.69, 9.17) is 9.47 Å². The topological polar surface area (TPSA) is 62.3 Å². The molecule has 162 valence electrons. The van der Waals surface area contributed by atoms with Gasteiger partial charge in [-0.2, -0.15) is 0 Å². The van der Waals surface area contributed by atoms with Crippen LogP contribution >= 0.6 is 0 Å². The van der Waals surface area contributed by atoms with Crippen LogP contribution in [0.15, 0.2) is 30.0 Å². The van der Waals surface area contributed by atoms with Crippen molar-refractivity contribution in [1.29, 1.82) is 0 Å². The molecule has 7 heteroatoms. The molecule has 1 unspecified atom stereocenters. The van der Waals surface area contributed by atoms with Crippen LogP contribution in [0.25, 0.3) is 5.57 Å². The Morgan fingerprint density at radius 1 is 1.03 bits per heavy atom. The summed E-state index contributed by atoms with van der Waals surface area (Å²) in [5.74, 6) is 0.352. The number of piperazine rings is 1. The second kappa shape index (κ2) is 9.18. The van der Waals surface area contributed by atoms with Crippen LogP contribution in [0.3, 0.4) is 0 Å². The van der Waals surface area contributed by atoms with Gasteiger partial charge >= 0.3 is 0 Å². The first-order chi connectivity index (χ1) is 14.6. The molecule has 3 heterocycles. The zero-order valence-electron chi connectivity index (χ0n) is 17.9.